The van der Waals surface area contributed by atoms with Crippen LogP contribution in [-0.4, -0.2) is 17.5 Å². The van der Waals surface area contributed by atoms with Crippen molar-refractivity contribution >= 4 is 17.1 Å². The molecule has 0 heterocycles. The smallest absolute Gasteiger partial charge is 0.271 e. The van der Waals surface area contributed by atoms with Gasteiger partial charge in [0.25, 0.3) is 5.69 Å². The Morgan fingerprint density at radius 2 is 2.06 bits per heavy atom. The van der Waals surface area contributed by atoms with Gasteiger partial charge in [0.05, 0.1) is 16.3 Å². The highest BCUT2D eigenvalue weighted by atomic mass is 16.6. The maximum atomic E-state index is 10.7. The van der Waals surface area contributed by atoms with E-state index in [1.807, 2.05) is 0 Å². The Kier molecular flexibility index (Phi) is 2.61. The van der Waals surface area contributed by atoms with Gasteiger partial charge in [-0.05, 0) is 37.7 Å². The fraction of sp³-hybridized carbons (Fsp3) is 0.538. The molecule has 0 saturated heterocycles. The van der Waals surface area contributed by atoms with E-state index in [0.29, 0.717) is 11.7 Å². The molecule has 18 heavy (non-hydrogen) atoms. The van der Waals surface area contributed by atoms with Crippen molar-refractivity contribution in [2.45, 2.75) is 31.7 Å². The van der Waals surface area contributed by atoms with Gasteiger partial charge in [0.1, 0.15) is 0 Å². The molecule has 0 spiro atoms. The van der Waals surface area contributed by atoms with Gasteiger partial charge in [0, 0.05) is 24.7 Å². The molecule has 1 aromatic carbocycles. The number of nitro benzene ring substituents is 1. The summed E-state index contributed by atoms with van der Waals surface area (Å²) >= 11 is 0. The van der Waals surface area contributed by atoms with Crippen LogP contribution in [0.5, 0.6) is 0 Å². The Morgan fingerprint density at radius 3 is 2.56 bits per heavy atom. The molecular formula is C13H17N3O2. The Morgan fingerprint density at radius 1 is 1.33 bits per heavy atom. The number of non-ortho nitro benzene ring substituents is 1. The number of hydrogen-bond donors (Lipinski definition) is 1. The zero-order valence-corrected chi connectivity index (χ0v) is 10.2. The van der Waals surface area contributed by atoms with Crippen molar-refractivity contribution in [1.82, 2.24) is 0 Å². The average molecular weight is 247 g/mol. The van der Waals surface area contributed by atoms with Gasteiger partial charge in [0.2, 0.25) is 0 Å². The first kappa shape index (κ1) is 11.3. The number of nitrogens with two attached hydrogens (primary N) is 1. The second kappa shape index (κ2) is 4.15. The van der Waals surface area contributed by atoms with Gasteiger partial charge in [-0.25, -0.2) is 0 Å². The number of rotatable bonds is 5. The molecule has 5 heteroatoms. The maximum absolute atomic E-state index is 10.7. The summed E-state index contributed by atoms with van der Waals surface area (Å²) in [6.45, 7) is 1.05. The van der Waals surface area contributed by atoms with E-state index in [1.54, 1.807) is 12.1 Å². The Balaban J connectivity index is 1.86. The van der Waals surface area contributed by atoms with Gasteiger partial charge in [-0.15, -0.1) is 0 Å². The summed E-state index contributed by atoms with van der Waals surface area (Å²) in [4.78, 5) is 12.6. The van der Waals surface area contributed by atoms with E-state index in [9.17, 15) is 10.1 Å². The van der Waals surface area contributed by atoms with Crippen LogP contribution in [0.2, 0.25) is 0 Å². The van der Waals surface area contributed by atoms with E-state index in [-0.39, 0.29) is 5.69 Å². The lowest BCUT2D eigenvalue weighted by Gasteiger charge is -2.26. The molecule has 2 fully saturated rings. The monoisotopic (exact) mass is 247 g/mol. The first-order valence-electron chi connectivity index (χ1n) is 6.45. The highest BCUT2D eigenvalue weighted by Gasteiger charge is 2.34. The molecule has 0 atom stereocenters. The number of nitrogens with zero attached hydrogens (tertiary/aromatic N) is 2. The van der Waals surface area contributed by atoms with Crippen LogP contribution in [0.1, 0.15) is 25.7 Å². The summed E-state index contributed by atoms with van der Waals surface area (Å²) in [5, 5.41) is 10.7. The van der Waals surface area contributed by atoms with Crippen molar-refractivity contribution in [3.8, 4) is 0 Å². The molecule has 5 nitrogen and oxygen atoms in total. The summed E-state index contributed by atoms with van der Waals surface area (Å²) in [7, 11) is 0. The van der Waals surface area contributed by atoms with Gasteiger partial charge in [-0.1, -0.05) is 0 Å². The molecule has 2 saturated carbocycles. The SMILES string of the molecule is Nc1cc([N+](=O)[O-])ccc1N(CC1CC1)C1CC1. The molecule has 0 aliphatic heterocycles. The molecule has 2 aliphatic carbocycles. The maximum Gasteiger partial charge on any atom is 0.271 e. The number of hydrogen-bond acceptors (Lipinski definition) is 4. The van der Waals surface area contributed by atoms with Crippen molar-refractivity contribution in [1.29, 1.82) is 0 Å². The number of nitrogen functional groups attached to an aromatic ring is 1. The Labute approximate surface area is 106 Å². The molecule has 0 radical (unpaired) electrons. The lowest BCUT2D eigenvalue weighted by Crippen LogP contribution is -2.28. The summed E-state index contributed by atoms with van der Waals surface area (Å²) in [5.74, 6) is 0.792. The molecule has 2 N–H and O–H groups in total. The van der Waals surface area contributed by atoms with Crippen LogP contribution < -0.4 is 10.6 Å². The summed E-state index contributed by atoms with van der Waals surface area (Å²) in [6.07, 6.45) is 5.03. The van der Waals surface area contributed by atoms with Crippen LogP contribution in [0.3, 0.4) is 0 Å². The first-order valence-corrected chi connectivity index (χ1v) is 6.45. The molecule has 3 rings (SSSR count). The van der Waals surface area contributed by atoms with Crippen molar-refractivity contribution in [3.63, 3.8) is 0 Å². The van der Waals surface area contributed by atoms with Crippen molar-refractivity contribution in [2.75, 3.05) is 17.2 Å². The van der Waals surface area contributed by atoms with Gasteiger partial charge in [-0.2, -0.15) is 0 Å². The minimum absolute atomic E-state index is 0.0680. The third kappa shape index (κ3) is 2.25. The normalized spacial score (nSPS) is 18.7. The van der Waals surface area contributed by atoms with E-state index in [0.717, 1.165) is 18.2 Å². The number of nitro groups is 1. The molecular weight excluding hydrogens is 230 g/mol. The van der Waals surface area contributed by atoms with E-state index >= 15 is 0 Å². The molecule has 0 amide bonds. The average Bonchev–Trinajstić information content (AvgIpc) is 3.19. The third-order valence-corrected chi connectivity index (χ3v) is 3.67. The Hall–Kier alpha value is -1.78. The van der Waals surface area contributed by atoms with Crippen molar-refractivity contribution < 1.29 is 4.92 Å². The quantitative estimate of drug-likeness (QED) is 0.493. The van der Waals surface area contributed by atoms with Gasteiger partial charge >= 0.3 is 0 Å². The van der Waals surface area contributed by atoms with E-state index in [2.05, 4.69) is 4.90 Å². The lowest BCUT2D eigenvalue weighted by atomic mass is 10.2. The largest absolute Gasteiger partial charge is 0.397 e. The van der Waals surface area contributed by atoms with E-state index < -0.39 is 4.92 Å². The van der Waals surface area contributed by atoms with Crippen LogP contribution in [0.15, 0.2) is 18.2 Å². The minimum Gasteiger partial charge on any atom is -0.397 e. The van der Waals surface area contributed by atoms with E-state index in [4.69, 9.17) is 5.73 Å². The van der Waals surface area contributed by atoms with Crippen LogP contribution in [0.4, 0.5) is 17.1 Å². The molecule has 0 aromatic heterocycles. The van der Waals surface area contributed by atoms with Crippen molar-refractivity contribution in [2.24, 2.45) is 5.92 Å². The summed E-state index contributed by atoms with van der Waals surface area (Å²) < 4.78 is 0. The van der Waals surface area contributed by atoms with Crippen LogP contribution in [0.25, 0.3) is 0 Å². The van der Waals surface area contributed by atoms with Crippen LogP contribution in [0, 0.1) is 16.0 Å². The van der Waals surface area contributed by atoms with Crippen molar-refractivity contribution in [3.05, 3.63) is 28.3 Å². The molecule has 1 aromatic rings. The summed E-state index contributed by atoms with van der Waals surface area (Å²) in [6, 6.07) is 5.41. The Bertz CT molecular complexity index is 481. The third-order valence-electron chi connectivity index (χ3n) is 3.67. The van der Waals surface area contributed by atoms with Crippen LogP contribution >= 0.6 is 0 Å². The fourth-order valence-electron chi connectivity index (χ4n) is 2.33. The summed E-state index contributed by atoms with van der Waals surface area (Å²) in [5.41, 5.74) is 7.54. The highest BCUT2D eigenvalue weighted by molar-refractivity contribution is 5.71. The van der Waals surface area contributed by atoms with Crippen LogP contribution in [-0.2, 0) is 0 Å². The second-order valence-electron chi connectivity index (χ2n) is 5.33. The zero-order valence-electron chi connectivity index (χ0n) is 10.2. The van der Waals surface area contributed by atoms with Gasteiger partial charge in [-0.3, -0.25) is 10.1 Å². The lowest BCUT2D eigenvalue weighted by molar-refractivity contribution is -0.384. The molecule has 96 valence electrons. The van der Waals surface area contributed by atoms with E-state index in [1.165, 1.54) is 31.7 Å². The standard InChI is InChI=1S/C13H17N3O2/c14-12-7-11(16(17)18)5-6-13(12)15(10-3-4-10)8-9-1-2-9/h5-7,9-10H,1-4,8,14H2. The second-order valence-corrected chi connectivity index (χ2v) is 5.33. The fourth-order valence-corrected chi connectivity index (χ4v) is 2.33. The predicted molar refractivity (Wildman–Crippen MR) is 70.6 cm³/mol. The van der Waals surface area contributed by atoms with Gasteiger partial charge < -0.3 is 10.6 Å². The topological polar surface area (TPSA) is 72.4 Å². The predicted octanol–water partition coefficient (Wildman–Crippen LogP) is 2.56. The first-order chi connectivity index (χ1) is 8.65. The number of anilines is 2. The molecule has 0 unspecified atom stereocenters. The highest BCUT2D eigenvalue weighted by Crippen LogP contribution is 2.40. The molecule has 2 aliphatic rings. The molecule has 0 bridgehead atoms. The minimum atomic E-state index is -0.400. The van der Waals surface area contributed by atoms with Gasteiger partial charge in [0.15, 0.2) is 0 Å². The zero-order chi connectivity index (χ0) is 12.7. The number of benzene rings is 1.